The van der Waals surface area contributed by atoms with Crippen molar-refractivity contribution in [2.24, 2.45) is 11.3 Å². The molecule has 0 radical (unpaired) electrons. The van der Waals surface area contributed by atoms with E-state index in [-0.39, 0.29) is 17.5 Å². The second kappa shape index (κ2) is 5.14. The summed E-state index contributed by atoms with van der Waals surface area (Å²) in [7, 11) is 0. The van der Waals surface area contributed by atoms with Gasteiger partial charge in [0.1, 0.15) is 0 Å². The number of nitrogens with zero attached hydrogens (tertiary/aromatic N) is 1. The molecule has 2 atom stereocenters. The molecule has 2 aromatic carbocycles. The molecule has 4 rings (SSSR count). The summed E-state index contributed by atoms with van der Waals surface area (Å²) in [6, 6.07) is 17.5. The third kappa shape index (κ3) is 2.15. The molecule has 0 spiro atoms. The zero-order chi connectivity index (χ0) is 16.0. The van der Waals surface area contributed by atoms with Gasteiger partial charge >= 0.3 is 0 Å². The Bertz CT molecular complexity index is 783. The van der Waals surface area contributed by atoms with Gasteiger partial charge in [-0.2, -0.15) is 0 Å². The predicted molar refractivity (Wildman–Crippen MR) is 88.4 cm³/mol. The lowest BCUT2D eigenvalue weighted by Gasteiger charge is -2.33. The third-order valence-electron chi connectivity index (χ3n) is 5.28. The van der Waals surface area contributed by atoms with E-state index in [0.717, 1.165) is 6.54 Å². The molecule has 116 valence electrons. The van der Waals surface area contributed by atoms with Crippen molar-refractivity contribution in [3.63, 3.8) is 0 Å². The quantitative estimate of drug-likeness (QED) is 0.855. The van der Waals surface area contributed by atoms with Crippen LogP contribution in [0.15, 0.2) is 54.6 Å². The van der Waals surface area contributed by atoms with E-state index in [9.17, 15) is 9.59 Å². The summed E-state index contributed by atoms with van der Waals surface area (Å²) in [5.41, 5.74) is 1.81. The number of hydrogen-bond donors (Lipinski definition) is 0. The largest absolute Gasteiger partial charge is 0.297 e. The van der Waals surface area contributed by atoms with Crippen LogP contribution in [0.4, 0.5) is 0 Å². The number of likely N-dealkylation sites (tertiary alicyclic amines) is 1. The number of ketones is 2. The highest BCUT2D eigenvalue weighted by atomic mass is 16.1. The molecule has 3 heteroatoms. The molecule has 1 aliphatic carbocycles. The number of carbonyl (C=O) groups is 2. The van der Waals surface area contributed by atoms with Crippen LogP contribution in [0.25, 0.3) is 0 Å². The highest BCUT2D eigenvalue weighted by molar-refractivity contribution is 6.18. The van der Waals surface area contributed by atoms with Gasteiger partial charge in [0.15, 0.2) is 11.6 Å². The zero-order valence-corrected chi connectivity index (χ0v) is 13.2. The van der Waals surface area contributed by atoms with Crippen LogP contribution in [0.5, 0.6) is 0 Å². The van der Waals surface area contributed by atoms with Gasteiger partial charge in [-0.25, -0.2) is 0 Å². The Balaban J connectivity index is 1.66. The molecular formula is C20H19NO2. The normalized spacial score (nSPS) is 26.9. The molecular weight excluding hydrogens is 286 g/mol. The molecule has 2 aliphatic rings. The van der Waals surface area contributed by atoms with Crippen LogP contribution in [0.2, 0.25) is 0 Å². The van der Waals surface area contributed by atoms with Crippen molar-refractivity contribution < 1.29 is 9.59 Å². The fourth-order valence-electron chi connectivity index (χ4n) is 4.05. The molecule has 0 aromatic heterocycles. The van der Waals surface area contributed by atoms with Crippen LogP contribution in [0.1, 0.15) is 33.2 Å². The fourth-order valence-corrected chi connectivity index (χ4v) is 4.05. The van der Waals surface area contributed by atoms with E-state index in [1.807, 2.05) is 37.3 Å². The summed E-state index contributed by atoms with van der Waals surface area (Å²) < 4.78 is 0. The number of carbonyl (C=O) groups excluding carboxylic acids is 2. The molecule has 1 fully saturated rings. The van der Waals surface area contributed by atoms with Crippen LogP contribution in [-0.4, -0.2) is 29.6 Å². The van der Waals surface area contributed by atoms with Crippen molar-refractivity contribution in [1.29, 1.82) is 0 Å². The van der Waals surface area contributed by atoms with E-state index in [4.69, 9.17) is 0 Å². The van der Waals surface area contributed by atoms with Gasteiger partial charge in [0, 0.05) is 36.7 Å². The topological polar surface area (TPSA) is 37.4 Å². The summed E-state index contributed by atoms with van der Waals surface area (Å²) in [4.78, 5) is 28.1. The number of benzene rings is 2. The molecule has 2 aromatic rings. The summed E-state index contributed by atoms with van der Waals surface area (Å²) >= 11 is 0. The van der Waals surface area contributed by atoms with Crippen molar-refractivity contribution in [2.45, 2.75) is 13.5 Å². The van der Waals surface area contributed by atoms with Crippen LogP contribution in [0.3, 0.4) is 0 Å². The van der Waals surface area contributed by atoms with Gasteiger partial charge in [-0.15, -0.1) is 0 Å². The molecule has 3 nitrogen and oxygen atoms in total. The van der Waals surface area contributed by atoms with Gasteiger partial charge in [-0.05, 0) is 5.56 Å². The Hall–Kier alpha value is -2.26. The molecule has 0 unspecified atom stereocenters. The summed E-state index contributed by atoms with van der Waals surface area (Å²) in [5.74, 6) is 0.0140. The summed E-state index contributed by atoms with van der Waals surface area (Å²) in [6.07, 6.45) is 0. The summed E-state index contributed by atoms with van der Waals surface area (Å²) in [6.45, 7) is 4.04. The van der Waals surface area contributed by atoms with Crippen LogP contribution in [-0.2, 0) is 6.54 Å². The molecule has 0 bridgehead atoms. The van der Waals surface area contributed by atoms with Gasteiger partial charge < -0.3 is 0 Å². The Morgan fingerprint density at radius 1 is 1.00 bits per heavy atom. The van der Waals surface area contributed by atoms with Gasteiger partial charge in [0.05, 0.1) is 5.41 Å². The minimum atomic E-state index is -0.597. The summed E-state index contributed by atoms with van der Waals surface area (Å²) in [5, 5.41) is 0. The zero-order valence-electron chi connectivity index (χ0n) is 13.2. The number of Topliss-reactive ketones (excluding diaryl/α,β-unsaturated/α-hetero) is 2. The van der Waals surface area contributed by atoms with E-state index in [0.29, 0.717) is 24.2 Å². The lowest BCUT2D eigenvalue weighted by Crippen LogP contribution is -2.44. The first kappa shape index (κ1) is 14.3. The Morgan fingerprint density at radius 2 is 1.65 bits per heavy atom. The fraction of sp³-hybridized carbons (Fsp3) is 0.300. The van der Waals surface area contributed by atoms with E-state index < -0.39 is 5.41 Å². The number of rotatable bonds is 2. The van der Waals surface area contributed by atoms with Crippen LogP contribution in [0, 0.1) is 11.3 Å². The molecule has 1 saturated heterocycles. The second-order valence-electron chi connectivity index (χ2n) is 6.86. The minimum absolute atomic E-state index is 0.119. The third-order valence-corrected chi connectivity index (χ3v) is 5.28. The van der Waals surface area contributed by atoms with Gasteiger partial charge in [-0.1, -0.05) is 61.5 Å². The number of fused-ring (bicyclic) bond motifs is 2. The lowest BCUT2D eigenvalue weighted by molar-refractivity contribution is 0.0657. The highest BCUT2D eigenvalue weighted by Crippen LogP contribution is 2.45. The molecule has 23 heavy (non-hydrogen) atoms. The smallest absolute Gasteiger partial charge is 0.171 e. The van der Waals surface area contributed by atoms with Crippen molar-refractivity contribution in [1.82, 2.24) is 4.90 Å². The predicted octanol–water partition coefficient (Wildman–Crippen LogP) is 3.20. The van der Waals surface area contributed by atoms with E-state index in [1.54, 1.807) is 12.1 Å². The first-order chi connectivity index (χ1) is 11.1. The van der Waals surface area contributed by atoms with E-state index >= 15 is 0 Å². The molecule has 0 amide bonds. The molecule has 0 saturated carbocycles. The number of hydrogen-bond acceptors (Lipinski definition) is 3. The Kier molecular flexibility index (Phi) is 3.20. The molecule has 1 aliphatic heterocycles. The first-order valence-corrected chi connectivity index (χ1v) is 8.04. The second-order valence-corrected chi connectivity index (χ2v) is 6.86. The Morgan fingerprint density at radius 3 is 2.39 bits per heavy atom. The average Bonchev–Trinajstić information content (AvgIpc) is 2.92. The first-order valence-electron chi connectivity index (χ1n) is 8.04. The van der Waals surface area contributed by atoms with Crippen LogP contribution < -0.4 is 0 Å². The Labute approximate surface area is 135 Å². The van der Waals surface area contributed by atoms with Gasteiger partial charge in [0.25, 0.3) is 0 Å². The monoisotopic (exact) mass is 305 g/mol. The standard InChI is InChI=1S/C20H19NO2/c1-20-13-21(11-14-7-3-2-4-8-14)12-17(20)18(22)15-9-5-6-10-16(15)19(20)23/h2-10,17H,11-13H2,1H3/t17-,20-/m0/s1. The average molecular weight is 305 g/mol. The van der Waals surface area contributed by atoms with Crippen molar-refractivity contribution in [3.05, 3.63) is 71.3 Å². The highest BCUT2D eigenvalue weighted by Gasteiger charge is 2.55. The minimum Gasteiger partial charge on any atom is -0.297 e. The SMILES string of the molecule is C[C@]12CN(Cc3ccccc3)C[C@H]1C(=O)c1ccccc1C2=O. The van der Waals surface area contributed by atoms with Gasteiger partial charge in [-0.3, -0.25) is 14.5 Å². The maximum atomic E-state index is 13.0. The van der Waals surface area contributed by atoms with E-state index in [2.05, 4.69) is 17.0 Å². The maximum Gasteiger partial charge on any atom is 0.171 e. The van der Waals surface area contributed by atoms with Crippen LogP contribution >= 0.6 is 0 Å². The molecule has 1 heterocycles. The van der Waals surface area contributed by atoms with Crippen molar-refractivity contribution >= 4 is 11.6 Å². The molecule has 0 N–H and O–H groups in total. The van der Waals surface area contributed by atoms with Crippen molar-refractivity contribution in [2.75, 3.05) is 13.1 Å². The lowest BCUT2D eigenvalue weighted by atomic mass is 9.66. The van der Waals surface area contributed by atoms with E-state index in [1.165, 1.54) is 5.56 Å². The maximum absolute atomic E-state index is 13.0. The van der Waals surface area contributed by atoms with Gasteiger partial charge in [0.2, 0.25) is 0 Å². The van der Waals surface area contributed by atoms with Crippen molar-refractivity contribution in [3.8, 4) is 0 Å².